The third kappa shape index (κ3) is 7.52. The summed E-state index contributed by atoms with van der Waals surface area (Å²) in [6, 6.07) is 6.31. The Balaban J connectivity index is 1.94. The summed E-state index contributed by atoms with van der Waals surface area (Å²) >= 11 is 0. The maximum absolute atomic E-state index is 11.1. The van der Waals surface area contributed by atoms with Crippen molar-refractivity contribution < 1.29 is 19.7 Å². The van der Waals surface area contributed by atoms with Crippen molar-refractivity contribution in [3.8, 4) is 0 Å². The Morgan fingerprint density at radius 3 is 1.46 bits per heavy atom. The summed E-state index contributed by atoms with van der Waals surface area (Å²) < 4.78 is 0. The van der Waals surface area contributed by atoms with Crippen molar-refractivity contribution in [3.05, 3.63) is 76.9 Å². The molecule has 0 aromatic heterocycles. The van der Waals surface area contributed by atoms with Gasteiger partial charge in [0.1, 0.15) is 11.4 Å². The number of nitro groups is 4. The lowest BCUT2D eigenvalue weighted by molar-refractivity contribution is -0.393. The molecule has 2 rings (SSSR count). The first-order valence-electron chi connectivity index (χ1n) is 10.0. The molecule has 0 amide bonds. The minimum absolute atomic E-state index is 0.000327. The zero-order valence-electron chi connectivity index (χ0n) is 18.3. The summed E-state index contributed by atoms with van der Waals surface area (Å²) in [5.41, 5.74) is 3.22. The van der Waals surface area contributed by atoms with E-state index in [0.717, 1.165) is 30.7 Å². The van der Waals surface area contributed by atoms with E-state index in [9.17, 15) is 40.5 Å². The number of nitrogens with zero attached hydrogens (tertiary/aromatic N) is 6. The Morgan fingerprint density at radius 1 is 0.743 bits per heavy atom. The molecular weight excluding hydrogens is 468 g/mol. The highest BCUT2D eigenvalue weighted by atomic mass is 16.6. The predicted octanol–water partition coefficient (Wildman–Crippen LogP) is 4.62. The molecule has 0 spiro atoms. The third-order valence-electron chi connectivity index (χ3n) is 4.79. The predicted molar refractivity (Wildman–Crippen MR) is 127 cm³/mol. The topological polar surface area (TPSA) is 221 Å². The molecule has 0 fully saturated rings. The van der Waals surface area contributed by atoms with E-state index in [1.165, 1.54) is 24.6 Å². The Hall–Kier alpha value is -5.02. The molecule has 0 aliphatic rings. The van der Waals surface area contributed by atoms with Gasteiger partial charge in [0.2, 0.25) is 0 Å². The fraction of sp³-hybridized carbons (Fsp3) is 0.263. The summed E-state index contributed by atoms with van der Waals surface area (Å²) in [7, 11) is 0. The van der Waals surface area contributed by atoms with Crippen molar-refractivity contribution in [2.24, 2.45) is 16.1 Å². The number of hydrogen-bond donors (Lipinski definition) is 2. The van der Waals surface area contributed by atoms with Gasteiger partial charge in [0.15, 0.2) is 0 Å². The van der Waals surface area contributed by atoms with Crippen LogP contribution in [0.25, 0.3) is 0 Å². The monoisotopic (exact) mass is 488 g/mol. The Bertz CT molecular complexity index is 1090. The highest BCUT2D eigenvalue weighted by molar-refractivity contribution is 5.69. The highest BCUT2D eigenvalue weighted by Gasteiger charge is 2.20. The second-order valence-electron chi connectivity index (χ2n) is 7.02. The molecule has 0 saturated heterocycles. The van der Waals surface area contributed by atoms with Crippen molar-refractivity contribution in [1.82, 2.24) is 0 Å². The van der Waals surface area contributed by atoms with Crippen LogP contribution in [-0.4, -0.2) is 32.1 Å². The van der Waals surface area contributed by atoms with Gasteiger partial charge in [-0.1, -0.05) is 13.3 Å². The van der Waals surface area contributed by atoms with Crippen LogP contribution in [0.1, 0.15) is 26.2 Å². The molecule has 0 saturated carbocycles. The SMILES string of the molecule is CCC(C/C=N/Nc1ccc([N+](=O)[O-])cc1[N+](=O)[O-])C/C=N/Nc1ccc([N+](=O)[O-])cc1[N+](=O)[O-]. The van der Waals surface area contributed by atoms with Gasteiger partial charge in [0.05, 0.1) is 31.8 Å². The average Bonchev–Trinajstić information content (AvgIpc) is 2.82. The molecule has 2 aromatic rings. The molecule has 16 nitrogen and oxygen atoms in total. The quantitative estimate of drug-likeness (QED) is 0.226. The van der Waals surface area contributed by atoms with E-state index in [0.29, 0.717) is 12.8 Å². The van der Waals surface area contributed by atoms with E-state index >= 15 is 0 Å². The van der Waals surface area contributed by atoms with Gasteiger partial charge in [-0.3, -0.25) is 51.3 Å². The summed E-state index contributed by atoms with van der Waals surface area (Å²) in [6.07, 6.45) is 4.67. The van der Waals surface area contributed by atoms with Crippen LogP contribution >= 0.6 is 0 Å². The fourth-order valence-electron chi connectivity index (χ4n) is 2.82. The molecule has 0 aliphatic heterocycles. The van der Waals surface area contributed by atoms with E-state index < -0.39 is 42.4 Å². The van der Waals surface area contributed by atoms with Crippen molar-refractivity contribution in [2.45, 2.75) is 26.2 Å². The summed E-state index contributed by atoms with van der Waals surface area (Å²) in [4.78, 5) is 40.9. The number of hydrogen-bond acceptors (Lipinski definition) is 12. The van der Waals surface area contributed by atoms with E-state index in [4.69, 9.17) is 0 Å². The highest BCUT2D eigenvalue weighted by Crippen LogP contribution is 2.30. The average molecular weight is 488 g/mol. The van der Waals surface area contributed by atoms with Gasteiger partial charge in [0, 0.05) is 24.6 Å². The molecule has 0 unspecified atom stereocenters. The molecule has 0 heterocycles. The maximum Gasteiger partial charge on any atom is 0.301 e. The zero-order valence-corrected chi connectivity index (χ0v) is 18.3. The number of nitro benzene ring substituents is 4. The standard InChI is InChI=1S/C19H20N8O8/c1-2-13(7-9-20-22-16-5-3-14(24(28)29)11-18(16)26(32)33)8-10-21-23-17-6-4-15(25(30)31)12-19(17)27(34)35/h3-6,9-13,22-23H,2,7-8H2,1H3/b20-9+,21-10+. The number of non-ortho nitro benzene ring substituents is 2. The minimum atomic E-state index is -0.752. The van der Waals surface area contributed by atoms with E-state index in [-0.39, 0.29) is 17.3 Å². The van der Waals surface area contributed by atoms with Crippen molar-refractivity contribution >= 4 is 46.6 Å². The largest absolute Gasteiger partial charge is 0.301 e. The van der Waals surface area contributed by atoms with E-state index in [1.807, 2.05) is 6.92 Å². The molecule has 0 radical (unpaired) electrons. The van der Waals surface area contributed by atoms with Crippen LogP contribution in [0.4, 0.5) is 34.1 Å². The molecule has 0 atom stereocenters. The molecule has 2 aromatic carbocycles. The number of nitrogens with one attached hydrogen (secondary N) is 2. The lowest BCUT2D eigenvalue weighted by Gasteiger charge is -2.08. The van der Waals surface area contributed by atoms with Gasteiger partial charge in [0.25, 0.3) is 11.4 Å². The molecule has 2 N–H and O–H groups in total. The Kier molecular flexibility index (Phi) is 9.21. The smallest absolute Gasteiger partial charge is 0.272 e. The Labute approximate surface area is 196 Å². The van der Waals surface area contributed by atoms with Gasteiger partial charge in [-0.05, 0) is 30.9 Å². The first-order chi connectivity index (χ1) is 16.6. The first kappa shape index (κ1) is 26.2. The van der Waals surface area contributed by atoms with Crippen LogP contribution in [-0.2, 0) is 0 Å². The van der Waals surface area contributed by atoms with Crippen LogP contribution in [0.15, 0.2) is 46.6 Å². The molecule has 0 bridgehead atoms. The van der Waals surface area contributed by atoms with E-state index in [1.54, 1.807) is 0 Å². The normalized spacial score (nSPS) is 11.1. The van der Waals surface area contributed by atoms with E-state index in [2.05, 4.69) is 21.1 Å². The second-order valence-corrected chi connectivity index (χ2v) is 7.02. The first-order valence-corrected chi connectivity index (χ1v) is 10.0. The van der Waals surface area contributed by atoms with Crippen molar-refractivity contribution in [3.63, 3.8) is 0 Å². The summed E-state index contributed by atoms with van der Waals surface area (Å²) in [5.74, 6) is 0.0739. The van der Waals surface area contributed by atoms with Gasteiger partial charge in [-0.15, -0.1) is 0 Å². The number of rotatable bonds is 13. The second kappa shape index (κ2) is 12.3. The van der Waals surface area contributed by atoms with Crippen LogP contribution in [0.3, 0.4) is 0 Å². The summed E-state index contributed by atoms with van der Waals surface area (Å²) in [5, 5.41) is 51.7. The van der Waals surface area contributed by atoms with Crippen LogP contribution in [0.2, 0.25) is 0 Å². The van der Waals surface area contributed by atoms with Gasteiger partial charge >= 0.3 is 11.4 Å². The number of benzene rings is 2. The van der Waals surface area contributed by atoms with Gasteiger partial charge in [-0.25, -0.2) is 0 Å². The number of hydrazone groups is 2. The minimum Gasteiger partial charge on any atom is -0.272 e. The Morgan fingerprint density at radius 2 is 1.14 bits per heavy atom. The van der Waals surface area contributed by atoms with Crippen LogP contribution in [0, 0.1) is 46.4 Å². The van der Waals surface area contributed by atoms with Crippen molar-refractivity contribution in [2.75, 3.05) is 10.9 Å². The lowest BCUT2D eigenvalue weighted by Crippen LogP contribution is -2.03. The molecular formula is C19H20N8O8. The van der Waals surface area contributed by atoms with Crippen molar-refractivity contribution in [1.29, 1.82) is 0 Å². The molecule has 0 aliphatic carbocycles. The summed E-state index contributed by atoms with van der Waals surface area (Å²) in [6.45, 7) is 1.93. The van der Waals surface area contributed by atoms with Crippen LogP contribution < -0.4 is 10.9 Å². The van der Waals surface area contributed by atoms with Crippen LogP contribution in [0.5, 0.6) is 0 Å². The third-order valence-corrected chi connectivity index (χ3v) is 4.79. The van der Waals surface area contributed by atoms with Gasteiger partial charge < -0.3 is 0 Å². The molecule has 35 heavy (non-hydrogen) atoms. The molecule has 16 heteroatoms. The van der Waals surface area contributed by atoms with Gasteiger partial charge in [-0.2, -0.15) is 10.2 Å². The lowest BCUT2D eigenvalue weighted by atomic mass is 10.00. The zero-order chi connectivity index (χ0) is 26.0. The fourth-order valence-corrected chi connectivity index (χ4v) is 2.82. The molecule has 184 valence electrons. The number of anilines is 2. The maximum atomic E-state index is 11.1.